The van der Waals surface area contributed by atoms with Crippen LogP contribution < -0.4 is 4.90 Å². The number of nitrogens with zero attached hydrogens (tertiary/aromatic N) is 1. The lowest BCUT2D eigenvalue weighted by atomic mass is 9.97. The van der Waals surface area contributed by atoms with E-state index in [0.717, 1.165) is 22.8 Å². The van der Waals surface area contributed by atoms with Gasteiger partial charge in [-0.2, -0.15) is 0 Å². The van der Waals surface area contributed by atoms with Crippen LogP contribution in [0.3, 0.4) is 0 Å². The number of anilines is 1. The summed E-state index contributed by atoms with van der Waals surface area (Å²) in [5.41, 5.74) is 2.19. The third-order valence-electron chi connectivity index (χ3n) is 6.12. The summed E-state index contributed by atoms with van der Waals surface area (Å²) >= 11 is 0. The molecule has 33 heavy (non-hydrogen) atoms. The Kier molecular flexibility index (Phi) is 5.09. The van der Waals surface area contributed by atoms with E-state index in [1.54, 1.807) is 25.1 Å². The number of ketones is 1. The molecule has 5 rings (SSSR count). The minimum absolute atomic E-state index is 0.0178. The second-order valence-electron chi connectivity index (χ2n) is 8.20. The van der Waals surface area contributed by atoms with Crippen molar-refractivity contribution in [2.75, 3.05) is 4.90 Å². The van der Waals surface area contributed by atoms with Crippen molar-refractivity contribution in [2.45, 2.75) is 26.3 Å². The molecule has 5 nitrogen and oxygen atoms in total. The fourth-order valence-corrected chi connectivity index (χ4v) is 4.35. The van der Waals surface area contributed by atoms with Crippen LogP contribution in [0, 0.1) is 6.92 Å². The van der Waals surface area contributed by atoms with Gasteiger partial charge in [-0.25, -0.2) is 0 Å². The number of carbonyl (C=O) groups excluding carboxylic acids is 2. The molecule has 1 N–H and O–H groups in total. The largest absolute Gasteiger partial charge is 0.507 e. The van der Waals surface area contributed by atoms with Crippen molar-refractivity contribution in [3.8, 4) is 0 Å². The minimum Gasteiger partial charge on any atom is -0.507 e. The molecule has 3 aromatic carbocycles. The van der Waals surface area contributed by atoms with E-state index in [4.69, 9.17) is 4.42 Å². The number of aryl methyl sites for hydroxylation is 2. The second kappa shape index (κ2) is 8.10. The molecule has 0 saturated carbocycles. The van der Waals surface area contributed by atoms with Crippen LogP contribution in [0.2, 0.25) is 0 Å². The Labute approximate surface area is 191 Å². The normalized spacial score (nSPS) is 17.8. The van der Waals surface area contributed by atoms with Gasteiger partial charge >= 0.3 is 0 Å². The Bertz CT molecular complexity index is 1410. The molecule has 1 aliphatic rings. The fourth-order valence-electron chi connectivity index (χ4n) is 4.35. The number of amides is 1. The molecule has 1 amide bonds. The molecular weight excluding hydrogens is 414 g/mol. The zero-order valence-electron chi connectivity index (χ0n) is 18.4. The summed E-state index contributed by atoms with van der Waals surface area (Å²) in [6.45, 7) is 3.85. The highest BCUT2D eigenvalue weighted by Gasteiger charge is 2.48. The van der Waals surface area contributed by atoms with Crippen molar-refractivity contribution in [1.82, 2.24) is 0 Å². The molecule has 1 saturated heterocycles. The summed E-state index contributed by atoms with van der Waals surface area (Å²) in [7, 11) is 0. The lowest BCUT2D eigenvalue weighted by Crippen LogP contribution is -2.29. The molecule has 0 radical (unpaired) electrons. The molecule has 1 aliphatic heterocycles. The van der Waals surface area contributed by atoms with Crippen LogP contribution in [0.25, 0.3) is 16.5 Å². The van der Waals surface area contributed by atoms with Gasteiger partial charge in [-0.1, -0.05) is 55.5 Å². The summed E-state index contributed by atoms with van der Waals surface area (Å²) in [6, 6.07) is 23.4. The van der Waals surface area contributed by atoms with Crippen molar-refractivity contribution in [3.05, 3.63) is 107 Å². The van der Waals surface area contributed by atoms with Crippen LogP contribution in [0.1, 0.15) is 35.6 Å². The highest BCUT2D eigenvalue weighted by atomic mass is 16.3. The molecule has 5 heteroatoms. The van der Waals surface area contributed by atoms with Gasteiger partial charge in [0.2, 0.25) is 0 Å². The first-order valence-electron chi connectivity index (χ1n) is 10.9. The monoisotopic (exact) mass is 437 g/mol. The summed E-state index contributed by atoms with van der Waals surface area (Å²) < 4.78 is 5.86. The number of aliphatic hydroxyl groups is 1. The van der Waals surface area contributed by atoms with Gasteiger partial charge in [-0.05, 0) is 60.0 Å². The molecule has 1 fully saturated rings. The third-order valence-corrected chi connectivity index (χ3v) is 6.12. The van der Waals surface area contributed by atoms with Crippen molar-refractivity contribution >= 4 is 33.9 Å². The number of furan rings is 1. The van der Waals surface area contributed by atoms with E-state index in [2.05, 4.69) is 6.92 Å². The number of benzene rings is 3. The first-order valence-corrected chi connectivity index (χ1v) is 10.9. The summed E-state index contributed by atoms with van der Waals surface area (Å²) in [4.78, 5) is 27.8. The maximum absolute atomic E-state index is 13.2. The van der Waals surface area contributed by atoms with Crippen molar-refractivity contribution < 1.29 is 19.1 Å². The first-order chi connectivity index (χ1) is 16.0. The highest BCUT2D eigenvalue weighted by molar-refractivity contribution is 6.51. The predicted molar refractivity (Wildman–Crippen MR) is 128 cm³/mol. The highest BCUT2D eigenvalue weighted by Crippen LogP contribution is 2.42. The Morgan fingerprint density at radius 1 is 0.939 bits per heavy atom. The predicted octanol–water partition coefficient (Wildman–Crippen LogP) is 5.93. The lowest BCUT2D eigenvalue weighted by molar-refractivity contribution is -0.132. The molecule has 0 bridgehead atoms. The number of fused-ring (bicyclic) bond motifs is 1. The van der Waals surface area contributed by atoms with Gasteiger partial charge in [0.05, 0.1) is 5.57 Å². The molecule has 4 aromatic rings. The molecule has 164 valence electrons. The summed E-state index contributed by atoms with van der Waals surface area (Å²) in [5, 5.41) is 13.2. The number of hydrogen-bond donors (Lipinski definition) is 1. The standard InChI is InChI=1S/C28H23NO4/c1-3-18-9-13-22(14-10-18)29-25(23-15-8-17(2)33-23)24(27(31)28(29)32)26(30)21-12-11-19-6-4-5-7-20(19)16-21/h4-16,25,30H,3H2,1-2H3/b26-24-. The van der Waals surface area contributed by atoms with Gasteiger partial charge in [-0.3, -0.25) is 14.5 Å². The van der Waals surface area contributed by atoms with Gasteiger partial charge in [-0.15, -0.1) is 0 Å². The van der Waals surface area contributed by atoms with E-state index in [-0.39, 0.29) is 11.3 Å². The molecule has 1 aromatic heterocycles. The number of rotatable bonds is 4. The van der Waals surface area contributed by atoms with E-state index in [0.29, 0.717) is 22.8 Å². The molecule has 2 heterocycles. The van der Waals surface area contributed by atoms with E-state index >= 15 is 0 Å². The number of hydrogen-bond acceptors (Lipinski definition) is 4. The van der Waals surface area contributed by atoms with Gasteiger partial charge in [0.1, 0.15) is 23.3 Å². The SMILES string of the molecule is CCc1ccc(N2C(=O)C(=O)/C(=C(\O)c3ccc4ccccc4c3)C2c2ccc(C)o2)cc1. The van der Waals surface area contributed by atoms with Crippen LogP contribution in [0.5, 0.6) is 0 Å². The second-order valence-corrected chi connectivity index (χ2v) is 8.20. The number of aliphatic hydroxyl groups excluding tert-OH is 1. The van der Waals surface area contributed by atoms with Crippen molar-refractivity contribution in [2.24, 2.45) is 0 Å². The smallest absolute Gasteiger partial charge is 0.300 e. The summed E-state index contributed by atoms with van der Waals surface area (Å²) in [5.74, 6) is -0.568. The van der Waals surface area contributed by atoms with Crippen LogP contribution >= 0.6 is 0 Å². The number of carbonyl (C=O) groups is 2. The minimum atomic E-state index is -0.863. The molecule has 0 spiro atoms. The Morgan fingerprint density at radius 3 is 2.33 bits per heavy atom. The van der Waals surface area contributed by atoms with Crippen molar-refractivity contribution in [3.63, 3.8) is 0 Å². The average Bonchev–Trinajstić information content (AvgIpc) is 3.39. The Hall–Kier alpha value is -4.12. The van der Waals surface area contributed by atoms with Gasteiger partial charge in [0, 0.05) is 11.3 Å². The zero-order valence-corrected chi connectivity index (χ0v) is 18.4. The maximum Gasteiger partial charge on any atom is 0.300 e. The molecular formula is C28H23NO4. The van der Waals surface area contributed by atoms with E-state index in [1.165, 1.54) is 4.90 Å². The molecule has 1 unspecified atom stereocenters. The van der Waals surface area contributed by atoms with E-state index in [1.807, 2.05) is 60.7 Å². The van der Waals surface area contributed by atoms with Crippen LogP contribution in [-0.2, 0) is 16.0 Å². The van der Waals surface area contributed by atoms with Crippen molar-refractivity contribution in [1.29, 1.82) is 0 Å². The fraction of sp³-hybridized carbons (Fsp3) is 0.143. The average molecular weight is 437 g/mol. The Balaban J connectivity index is 1.70. The van der Waals surface area contributed by atoms with Crippen LogP contribution in [-0.4, -0.2) is 16.8 Å². The first kappa shape index (κ1) is 20.8. The zero-order chi connectivity index (χ0) is 23.1. The number of Topliss-reactive ketones (excluding diaryl/α,β-unsaturated/α-hetero) is 1. The maximum atomic E-state index is 13.2. The van der Waals surface area contributed by atoms with Crippen LogP contribution in [0.4, 0.5) is 5.69 Å². The molecule has 1 atom stereocenters. The van der Waals surface area contributed by atoms with E-state index < -0.39 is 17.7 Å². The van der Waals surface area contributed by atoms with E-state index in [9.17, 15) is 14.7 Å². The Morgan fingerprint density at radius 2 is 1.67 bits per heavy atom. The van der Waals surface area contributed by atoms with Gasteiger partial charge < -0.3 is 9.52 Å². The van der Waals surface area contributed by atoms with Crippen LogP contribution in [0.15, 0.2) is 88.9 Å². The van der Waals surface area contributed by atoms with Gasteiger partial charge in [0.15, 0.2) is 0 Å². The topological polar surface area (TPSA) is 70.8 Å². The summed E-state index contributed by atoms with van der Waals surface area (Å²) in [6.07, 6.45) is 0.863. The quantitative estimate of drug-likeness (QED) is 0.244. The lowest BCUT2D eigenvalue weighted by Gasteiger charge is -2.23. The van der Waals surface area contributed by atoms with Gasteiger partial charge in [0.25, 0.3) is 11.7 Å². The molecule has 0 aliphatic carbocycles. The third kappa shape index (κ3) is 3.52.